The van der Waals surface area contributed by atoms with E-state index in [1.807, 2.05) is 18.4 Å². The van der Waals surface area contributed by atoms with Crippen molar-refractivity contribution < 1.29 is 22.1 Å². The highest BCUT2D eigenvalue weighted by Crippen LogP contribution is 2.48. The van der Waals surface area contributed by atoms with Crippen LogP contribution >= 0.6 is 0 Å². The van der Waals surface area contributed by atoms with Crippen LogP contribution in [-0.4, -0.2) is 52.5 Å². The highest BCUT2D eigenvalue weighted by atomic mass is 32.2. The van der Waals surface area contributed by atoms with E-state index in [-0.39, 0.29) is 36.8 Å². The average molecular weight is 501 g/mol. The maximum atomic E-state index is 11.4. The lowest BCUT2D eigenvalue weighted by molar-refractivity contribution is -0.161. The molecule has 1 saturated carbocycles. The van der Waals surface area contributed by atoms with E-state index in [0.29, 0.717) is 23.4 Å². The summed E-state index contributed by atoms with van der Waals surface area (Å²) in [6.07, 6.45) is 5.20. The van der Waals surface area contributed by atoms with Crippen molar-refractivity contribution in [1.29, 1.82) is 0 Å². The molecule has 1 saturated heterocycles. The molecule has 2 fully saturated rings. The van der Waals surface area contributed by atoms with Gasteiger partial charge in [-0.2, -0.15) is 8.42 Å². The number of anilines is 1. The summed E-state index contributed by atoms with van der Waals surface area (Å²) in [5.74, 6) is -0.345. The molecule has 3 aliphatic rings. The van der Waals surface area contributed by atoms with Gasteiger partial charge in [-0.1, -0.05) is 24.3 Å². The zero-order valence-electron chi connectivity index (χ0n) is 19.5. The third-order valence-corrected chi connectivity index (χ3v) is 7.62. The molecule has 6 rings (SSSR count). The van der Waals surface area contributed by atoms with Crippen molar-refractivity contribution in [2.24, 2.45) is 11.1 Å². The number of nitrogens with two attached hydrogens (primary N) is 1. The van der Waals surface area contributed by atoms with Crippen LogP contribution < -0.4 is 10.5 Å². The van der Waals surface area contributed by atoms with Gasteiger partial charge in [0.25, 0.3) is 0 Å². The van der Waals surface area contributed by atoms with Crippen LogP contribution in [0.4, 0.5) is 5.82 Å². The van der Waals surface area contributed by atoms with Crippen molar-refractivity contribution >= 4 is 27.3 Å². The van der Waals surface area contributed by atoms with Crippen molar-refractivity contribution in [3.8, 4) is 0 Å². The number of benzene rings is 1. The Labute approximate surface area is 203 Å². The fourth-order valence-electron chi connectivity index (χ4n) is 5.75. The summed E-state index contributed by atoms with van der Waals surface area (Å²) in [5, 5.41) is 8.63. The van der Waals surface area contributed by atoms with Crippen LogP contribution in [-0.2, 0) is 30.4 Å². The highest BCUT2D eigenvalue weighted by molar-refractivity contribution is 7.84. The molecular formula is C23H28N6O5S. The predicted octanol–water partition coefficient (Wildman–Crippen LogP) is 2.23. The topological polar surface area (TPSA) is 143 Å². The molecule has 186 valence electrons. The summed E-state index contributed by atoms with van der Waals surface area (Å²) in [6.45, 7) is 3.61. The van der Waals surface area contributed by atoms with E-state index in [4.69, 9.17) is 18.8 Å². The lowest BCUT2D eigenvalue weighted by Gasteiger charge is -2.24. The number of aromatic nitrogens is 4. The molecule has 3 aromatic rings. The molecule has 35 heavy (non-hydrogen) atoms. The molecule has 0 spiro atoms. The minimum Gasteiger partial charge on any atom is -0.361 e. The SMILES string of the molecule is CC1(C)O[C@@H]2[C@@H](COS(N)(=O)=O)C[C@@H](n3cnc4c(N[C@H]5CCc6ccccc65)ncnc43)[C@@H]2O1. The van der Waals surface area contributed by atoms with Gasteiger partial charge in [-0.3, -0.25) is 4.18 Å². The summed E-state index contributed by atoms with van der Waals surface area (Å²) in [7, 11) is -4.06. The number of hydrogen-bond donors (Lipinski definition) is 2. The number of aryl methyl sites for hydroxylation is 1. The molecule has 2 aromatic heterocycles. The maximum absolute atomic E-state index is 11.4. The molecule has 2 aliphatic carbocycles. The Hall–Kier alpha value is -2.64. The maximum Gasteiger partial charge on any atom is 0.333 e. The first-order valence-electron chi connectivity index (χ1n) is 11.7. The van der Waals surface area contributed by atoms with E-state index in [1.165, 1.54) is 17.5 Å². The molecule has 1 aliphatic heterocycles. The minimum atomic E-state index is -4.06. The first-order valence-corrected chi connectivity index (χ1v) is 13.2. The molecular weight excluding hydrogens is 472 g/mol. The van der Waals surface area contributed by atoms with Crippen molar-refractivity contribution in [2.75, 3.05) is 11.9 Å². The first-order chi connectivity index (χ1) is 16.7. The van der Waals surface area contributed by atoms with Crippen LogP contribution in [0.1, 0.15) is 49.9 Å². The molecule has 5 atom stereocenters. The third-order valence-electron chi connectivity index (χ3n) is 7.16. The van der Waals surface area contributed by atoms with Gasteiger partial charge in [0, 0.05) is 5.92 Å². The fourth-order valence-corrected chi connectivity index (χ4v) is 6.11. The molecule has 3 heterocycles. The number of ether oxygens (including phenoxy) is 2. The van der Waals surface area contributed by atoms with Gasteiger partial charge >= 0.3 is 10.3 Å². The Balaban J connectivity index is 1.30. The lowest BCUT2D eigenvalue weighted by atomic mass is 10.1. The van der Waals surface area contributed by atoms with Crippen LogP contribution in [0.3, 0.4) is 0 Å². The van der Waals surface area contributed by atoms with E-state index < -0.39 is 16.1 Å². The third kappa shape index (κ3) is 4.19. The number of fused-ring (bicyclic) bond motifs is 3. The van der Waals surface area contributed by atoms with Gasteiger partial charge in [-0.25, -0.2) is 20.1 Å². The Bertz CT molecular complexity index is 1380. The summed E-state index contributed by atoms with van der Waals surface area (Å²) in [4.78, 5) is 13.7. The van der Waals surface area contributed by atoms with Crippen molar-refractivity contribution in [3.05, 3.63) is 48.0 Å². The van der Waals surface area contributed by atoms with Crippen molar-refractivity contribution in [2.45, 2.75) is 63.2 Å². The van der Waals surface area contributed by atoms with Gasteiger partial charge in [0.05, 0.1) is 31.1 Å². The van der Waals surface area contributed by atoms with Gasteiger partial charge < -0.3 is 19.4 Å². The normalized spacial score (nSPS) is 29.4. The molecule has 0 amide bonds. The Morgan fingerprint density at radius 3 is 2.83 bits per heavy atom. The van der Waals surface area contributed by atoms with E-state index >= 15 is 0 Å². The number of nitrogens with one attached hydrogen (secondary N) is 1. The lowest BCUT2D eigenvalue weighted by Crippen LogP contribution is -2.30. The zero-order valence-corrected chi connectivity index (χ0v) is 20.3. The Morgan fingerprint density at radius 2 is 2.00 bits per heavy atom. The van der Waals surface area contributed by atoms with Crippen molar-refractivity contribution in [3.63, 3.8) is 0 Å². The van der Waals surface area contributed by atoms with Crippen LogP contribution in [0.15, 0.2) is 36.9 Å². The molecule has 12 heteroatoms. The fraction of sp³-hybridized carbons (Fsp3) is 0.522. The monoisotopic (exact) mass is 500 g/mol. The second-order valence-electron chi connectivity index (χ2n) is 9.89. The Morgan fingerprint density at radius 1 is 1.20 bits per heavy atom. The van der Waals surface area contributed by atoms with E-state index in [0.717, 1.165) is 12.8 Å². The van der Waals surface area contributed by atoms with Crippen LogP contribution in [0, 0.1) is 5.92 Å². The quantitative estimate of drug-likeness (QED) is 0.521. The second kappa shape index (κ2) is 8.20. The molecule has 11 nitrogen and oxygen atoms in total. The molecule has 1 aromatic carbocycles. The van der Waals surface area contributed by atoms with Gasteiger partial charge in [-0.15, -0.1) is 0 Å². The van der Waals surface area contributed by atoms with Crippen LogP contribution in [0.25, 0.3) is 11.2 Å². The Kier molecular flexibility index (Phi) is 5.34. The largest absolute Gasteiger partial charge is 0.361 e. The number of imidazole rings is 1. The smallest absolute Gasteiger partial charge is 0.333 e. The molecule has 0 bridgehead atoms. The summed E-state index contributed by atoms with van der Waals surface area (Å²) < 4.78 is 42.0. The zero-order chi connectivity index (χ0) is 24.4. The number of hydrogen-bond acceptors (Lipinski definition) is 9. The second-order valence-corrected chi connectivity index (χ2v) is 11.1. The van der Waals surface area contributed by atoms with Gasteiger partial charge in [0.2, 0.25) is 0 Å². The summed E-state index contributed by atoms with van der Waals surface area (Å²) in [6, 6.07) is 8.43. The van der Waals surface area contributed by atoms with Crippen molar-refractivity contribution in [1.82, 2.24) is 19.5 Å². The standard InChI is InChI=1S/C23H28N6O5S/c1-23(2)33-19-14(10-32-35(24,30)31)9-17(20(19)34-23)29-12-27-18-21(25-11-26-22(18)29)28-16-8-7-13-5-3-4-6-15(13)16/h3-6,11-12,14,16-17,19-20H,7-10H2,1-2H3,(H2,24,30,31)(H,25,26,28)/t14-,16+,17-,19-,20+/m1/s1. The van der Waals surface area contributed by atoms with Gasteiger partial charge in [0.1, 0.15) is 17.9 Å². The molecule has 0 unspecified atom stereocenters. The van der Waals surface area contributed by atoms with E-state index in [9.17, 15) is 8.42 Å². The number of rotatable bonds is 6. The average Bonchev–Trinajstić information content (AvgIpc) is 3.54. The van der Waals surface area contributed by atoms with Crippen LogP contribution in [0.2, 0.25) is 0 Å². The summed E-state index contributed by atoms with van der Waals surface area (Å²) in [5.41, 5.74) is 4.00. The molecule has 0 radical (unpaired) electrons. The summed E-state index contributed by atoms with van der Waals surface area (Å²) >= 11 is 0. The number of nitrogens with zero attached hydrogens (tertiary/aromatic N) is 4. The van der Waals surface area contributed by atoms with Gasteiger partial charge in [0.15, 0.2) is 17.3 Å². The molecule has 3 N–H and O–H groups in total. The first kappa shape index (κ1) is 22.8. The minimum absolute atomic E-state index is 0.0779. The highest BCUT2D eigenvalue weighted by Gasteiger charge is 2.55. The van der Waals surface area contributed by atoms with E-state index in [2.05, 4.69) is 44.5 Å². The van der Waals surface area contributed by atoms with Crippen LogP contribution in [0.5, 0.6) is 0 Å². The predicted molar refractivity (Wildman–Crippen MR) is 126 cm³/mol. The van der Waals surface area contributed by atoms with E-state index in [1.54, 1.807) is 6.33 Å². The van der Waals surface area contributed by atoms with Gasteiger partial charge in [-0.05, 0) is 44.2 Å².